The van der Waals surface area contributed by atoms with Crippen molar-refractivity contribution in [2.45, 2.75) is 64.7 Å². The van der Waals surface area contributed by atoms with Gasteiger partial charge in [-0.1, -0.05) is 100 Å². The fraction of sp³-hybridized carbons (Fsp3) is 0.294. The van der Waals surface area contributed by atoms with E-state index in [1.165, 1.54) is 115 Å². The van der Waals surface area contributed by atoms with Gasteiger partial charge in [0.05, 0.1) is 9.40 Å². The van der Waals surface area contributed by atoms with Crippen molar-refractivity contribution in [3.8, 4) is 11.1 Å². The summed E-state index contributed by atoms with van der Waals surface area (Å²) < 4.78 is 5.77. The zero-order chi connectivity index (χ0) is 24.3. The van der Waals surface area contributed by atoms with Crippen LogP contribution in [-0.4, -0.2) is 0 Å². The summed E-state index contributed by atoms with van der Waals surface area (Å²) in [6.45, 7) is 2.29. The second-order valence-electron chi connectivity index (χ2n) is 10.2. The first-order chi connectivity index (χ1) is 17.8. The van der Waals surface area contributed by atoms with Crippen LogP contribution in [-0.2, 0) is 6.42 Å². The van der Waals surface area contributed by atoms with Gasteiger partial charge in [-0.05, 0) is 70.6 Å². The van der Waals surface area contributed by atoms with Crippen molar-refractivity contribution in [2.24, 2.45) is 0 Å². The highest BCUT2D eigenvalue weighted by Gasteiger charge is 2.14. The van der Waals surface area contributed by atoms with Crippen LogP contribution in [0.1, 0.15) is 63.9 Å². The molecule has 0 N–H and O–H groups in total. The van der Waals surface area contributed by atoms with Gasteiger partial charge < -0.3 is 0 Å². The van der Waals surface area contributed by atoms with E-state index in [9.17, 15) is 0 Å². The number of fused-ring (bicyclic) bond motifs is 6. The molecule has 6 aromatic rings. The number of benzene rings is 4. The van der Waals surface area contributed by atoms with Crippen LogP contribution in [0.5, 0.6) is 0 Å². The molecule has 0 atom stereocenters. The van der Waals surface area contributed by atoms with Crippen molar-refractivity contribution >= 4 is 63.0 Å². The Labute approximate surface area is 222 Å². The zero-order valence-corrected chi connectivity index (χ0v) is 22.8. The molecule has 0 aliphatic heterocycles. The fourth-order valence-corrected chi connectivity index (χ4v) is 8.12. The average molecular weight is 507 g/mol. The number of hydrogen-bond donors (Lipinski definition) is 0. The molecule has 0 fully saturated rings. The summed E-state index contributed by atoms with van der Waals surface area (Å²) in [5.74, 6) is 0. The number of thiophene rings is 2. The van der Waals surface area contributed by atoms with Crippen LogP contribution in [0.2, 0.25) is 0 Å². The van der Waals surface area contributed by atoms with E-state index >= 15 is 0 Å². The lowest BCUT2D eigenvalue weighted by Crippen LogP contribution is -1.86. The summed E-state index contributed by atoms with van der Waals surface area (Å²) in [4.78, 5) is 0. The Balaban J connectivity index is 1.25. The minimum Gasteiger partial charge on any atom is -0.134 e. The van der Waals surface area contributed by atoms with Gasteiger partial charge in [0.1, 0.15) is 0 Å². The summed E-state index contributed by atoms with van der Waals surface area (Å²) in [5, 5.41) is 5.54. The van der Waals surface area contributed by atoms with Gasteiger partial charge in [0.15, 0.2) is 0 Å². The Kier molecular flexibility index (Phi) is 7.07. The van der Waals surface area contributed by atoms with Gasteiger partial charge in [-0.25, -0.2) is 0 Å². The molecule has 182 valence electrons. The van der Waals surface area contributed by atoms with Crippen LogP contribution in [0.25, 0.3) is 51.5 Å². The Bertz CT molecular complexity index is 1620. The molecule has 2 heterocycles. The Morgan fingerprint density at radius 2 is 1.25 bits per heavy atom. The predicted molar refractivity (Wildman–Crippen MR) is 164 cm³/mol. The van der Waals surface area contributed by atoms with E-state index in [1.54, 1.807) is 0 Å². The Morgan fingerprint density at radius 3 is 2.06 bits per heavy atom. The van der Waals surface area contributed by atoms with Crippen LogP contribution < -0.4 is 0 Å². The van der Waals surface area contributed by atoms with Gasteiger partial charge in [-0.15, -0.1) is 22.7 Å². The molecule has 0 saturated heterocycles. The van der Waals surface area contributed by atoms with E-state index in [0.717, 1.165) is 0 Å². The lowest BCUT2D eigenvalue weighted by Gasteiger charge is -2.05. The maximum Gasteiger partial charge on any atom is 0.0542 e. The molecule has 0 nitrogen and oxygen atoms in total. The zero-order valence-electron chi connectivity index (χ0n) is 21.2. The molecular weight excluding hydrogens is 473 g/mol. The highest BCUT2D eigenvalue weighted by molar-refractivity contribution is 7.36. The number of aryl methyl sites for hydroxylation is 1. The summed E-state index contributed by atoms with van der Waals surface area (Å²) in [5.41, 5.74) is 4.07. The third-order valence-corrected chi connectivity index (χ3v) is 10.0. The topological polar surface area (TPSA) is 0 Å². The predicted octanol–water partition coefficient (Wildman–Crippen LogP) is 11.8. The summed E-state index contributed by atoms with van der Waals surface area (Å²) >= 11 is 3.94. The fourth-order valence-electron chi connectivity index (χ4n) is 5.48. The highest BCUT2D eigenvalue weighted by atomic mass is 32.1. The molecule has 0 aliphatic rings. The van der Waals surface area contributed by atoms with Crippen LogP contribution in [0.4, 0.5) is 0 Å². The van der Waals surface area contributed by atoms with Crippen LogP contribution in [0, 0.1) is 0 Å². The SMILES string of the molecule is CCCCCCCCCCc1ccc2sc3c4cc5cc(-c6ccccc6)ccc5cc4sc3c2c1. The third kappa shape index (κ3) is 4.82. The Morgan fingerprint density at radius 1 is 0.528 bits per heavy atom. The van der Waals surface area contributed by atoms with Gasteiger partial charge in [0.25, 0.3) is 0 Å². The van der Waals surface area contributed by atoms with Crippen LogP contribution in [0.3, 0.4) is 0 Å². The van der Waals surface area contributed by atoms with Gasteiger partial charge >= 0.3 is 0 Å². The third-order valence-electron chi connectivity index (χ3n) is 7.53. The van der Waals surface area contributed by atoms with E-state index in [0.29, 0.717) is 0 Å². The van der Waals surface area contributed by atoms with E-state index in [-0.39, 0.29) is 0 Å². The normalized spacial score (nSPS) is 11.9. The average Bonchev–Trinajstić information content (AvgIpc) is 3.44. The van der Waals surface area contributed by atoms with Crippen molar-refractivity contribution in [3.05, 3.63) is 84.4 Å². The quantitative estimate of drug-likeness (QED) is 0.162. The van der Waals surface area contributed by atoms with E-state index in [1.807, 2.05) is 22.7 Å². The van der Waals surface area contributed by atoms with Gasteiger partial charge in [-0.3, -0.25) is 0 Å². The standard InChI is InChI=1S/C34H34S2/c1-2-3-4-5-6-7-8-10-13-24-16-19-31-29(20-24)33-34(35-31)30-22-28-21-26(25-14-11-9-12-15-25)17-18-27(28)23-32(30)36-33/h9,11-12,14-23H,2-8,10,13H2,1H3. The maximum atomic E-state index is 2.48. The number of unbranched alkanes of at least 4 members (excludes halogenated alkanes) is 7. The molecule has 4 aromatic carbocycles. The molecule has 0 aliphatic carbocycles. The molecule has 6 rings (SSSR count). The van der Waals surface area contributed by atoms with Crippen molar-refractivity contribution in [3.63, 3.8) is 0 Å². The van der Waals surface area contributed by atoms with E-state index in [4.69, 9.17) is 0 Å². The molecule has 0 bridgehead atoms. The first-order valence-electron chi connectivity index (χ1n) is 13.7. The Hall–Kier alpha value is -2.68. The molecule has 0 radical (unpaired) electrons. The van der Waals surface area contributed by atoms with Crippen molar-refractivity contribution in [2.75, 3.05) is 0 Å². The van der Waals surface area contributed by atoms with Gasteiger partial charge in [0, 0.05) is 20.2 Å². The van der Waals surface area contributed by atoms with Crippen molar-refractivity contribution in [1.29, 1.82) is 0 Å². The monoisotopic (exact) mass is 506 g/mol. The lowest BCUT2D eigenvalue weighted by molar-refractivity contribution is 0.575. The summed E-state index contributed by atoms with van der Waals surface area (Å²) in [6.07, 6.45) is 12.3. The second kappa shape index (κ2) is 10.7. The first-order valence-corrected chi connectivity index (χ1v) is 15.3. The minimum absolute atomic E-state index is 1.21. The molecule has 0 unspecified atom stereocenters. The largest absolute Gasteiger partial charge is 0.134 e. The van der Waals surface area contributed by atoms with Crippen LogP contribution in [0.15, 0.2) is 78.9 Å². The smallest absolute Gasteiger partial charge is 0.0542 e. The van der Waals surface area contributed by atoms with Gasteiger partial charge in [0.2, 0.25) is 0 Å². The number of hydrogen-bond acceptors (Lipinski definition) is 2. The first kappa shape index (κ1) is 23.7. The minimum atomic E-state index is 1.21. The van der Waals surface area contributed by atoms with Crippen LogP contribution >= 0.6 is 22.7 Å². The molecule has 0 saturated carbocycles. The van der Waals surface area contributed by atoms with E-state index in [2.05, 4.69) is 85.8 Å². The second-order valence-corrected chi connectivity index (χ2v) is 12.3. The van der Waals surface area contributed by atoms with E-state index < -0.39 is 0 Å². The van der Waals surface area contributed by atoms with Crippen molar-refractivity contribution in [1.82, 2.24) is 0 Å². The lowest BCUT2D eigenvalue weighted by atomic mass is 10.0. The molecule has 36 heavy (non-hydrogen) atoms. The molecular formula is C34H34S2. The molecule has 0 spiro atoms. The molecule has 2 aromatic heterocycles. The summed E-state index contributed by atoms with van der Waals surface area (Å²) in [6, 6.07) is 29.6. The van der Waals surface area contributed by atoms with Gasteiger partial charge in [-0.2, -0.15) is 0 Å². The maximum absolute atomic E-state index is 2.48. The van der Waals surface area contributed by atoms with Crippen molar-refractivity contribution < 1.29 is 0 Å². The highest BCUT2D eigenvalue weighted by Crippen LogP contribution is 2.45. The molecule has 2 heteroatoms. The summed E-state index contributed by atoms with van der Waals surface area (Å²) in [7, 11) is 0. The number of rotatable bonds is 10. The molecule has 0 amide bonds.